The Morgan fingerprint density at radius 1 is 0.600 bits per heavy atom. The summed E-state index contributed by atoms with van der Waals surface area (Å²) < 4.78 is 16.6. The molecule has 256 valence electrons. The van der Waals surface area contributed by atoms with Gasteiger partial charge >= 0.3 is 12.1 Å². The predicted molar refractivity (Wildman–Crippen MR) is 176 cm³/mol. The van der Waals surface area contributed by atoms with Gasteiger partial charge < -0.3 is 46.1 Å². The standard InChI is InChI=1S/C30H52N6O7S2/c37-25(9-3-1-7-23-27-21(19-44-23)33-29(39)35-27)31-11-5-13-41-15-17-43-18-16-42-14-6-12-32-26(38)10-4-2-8-24-28-22(20-45-24)34-30(40)36-28/h21-24,27-28H,1-20H2,(H,31,37)(H,32,38)(H2,33,35,39)(H2,34,36,40). The van der Waals surface area contributed by atoms with Crippen molar-refractivity contribution in [2.75, 3.05) is 64.2 Å². The second-order valence-electron chi connectivity index (χ2n) is 12.0. The molecule has 0 saturated carbocycles. The van der Waals surface area contributed by atoms with Gasteiger partial charge in [0.1, 0.15) is 0 Å². The van der Waals surface area contributed by atoms with Gasteiger partial charge in [0.25, 0.3) is 0 Å². The van der Waals surface area contributed by atoms with E-state index in [2.05, 4.69) is 31.9 Å². The van der Waals surface area contributed by atoms with Crippen LogP contribution in [0.1, 0.15) is 64.2 Å². The number of hydrogen-bond acceptors (Lipinski definition) is 9. The molecule has 4 fully saturated rings. The summed E-state index contributed by atoms with van der Waals surface area (Å²) in [5.41, 5.74) is 0. The second-order valence-corrected chi connectivity index (χ2v) is 14.5. The van der Waals surface area contributed by atoms with Crippen molar-refractivity contribution in [3.8, 4) is 0 Å². The summed E-state index contributed by atoms with van der Waals surface area (Å²) in [5.74, 6) is 2.09. The molecule has 0 radical (unpaired) electrons. The molecule has 6 unspecified atom stereocenters. The van der Waals surface area contributed by atoms with Crippen LogP contribution in [0.2, 0.25) is 0 Å². The highest BCUT2D eigenvalue weighted by Crippen LogP contribution is 2.34. The third kappa shape index (κ3) is 13.0. The van der Waals surface area contributed by atoms with Crippen LogP contribution in [0.25, 0.3) is 0 Å². The highest BCUT2D eigenvalue weighted by atomic mass is 32.2. The largest absolute Gasteiger partial charge is 0.379 e. The predicted octanol–water partition coefficient (Wildman–Crippen LogP) is 1.50. The zero-order valence-electron chi connectivity index (χ0n) is 26.3. The molecule has 45 heavy (non-hydrogen) atoms. The van der Waals surface area contributed by atoms with Gasteiger partial charge in [-0.3, -0.25) is 9.59 Å². The van der Waals surface area contributed by atoms with Crippen molar-refractivity contribution in [2.24, 2.45) is 0 Å². The Labute approximate surface area is 275 Å². The van der Waals surface area contributed by atoms with Gasteiger partial charge in [0.05, 0.1) is 50.6 Å². The molecule has 0 aliphatic carbocycles. The smallest absolute Gasteiger partial charge is 0.315 e. The number of rotatable bonds is 24. The van der Waals surface area contributed by atoms with E-state index < -0.39 is 0 Å². The summed E-state index contributed by atoms with van der Waals surface area (Å²) in [5, 5.41) is 18.7. The van der Waals surface area contributed by atoms with Crippen LogP contribution in [-0.4, -0.2) is 123 Å². The molecular weight excluding hydrogens is 620 g/mol. The molecule has 4 aliphatic rings. The van der Waals surface area contributed by atoms with Crippen LogP contribution in [0.3, 0.4) is 0 Å². The minimum Gasteiger partial charge on any atom is -0.379 e. The van der Waals surface area contributed by atoms with Crippen LogP contribution in [0.15, 0.2) is 0 Å². The average Bonchev–Trinajstić information content (AvgIpc) is 3.77. The molecule has 4 aliphatic heterocycles. The van der Waals surface area contributed by atoms with Gasteiger partial charge in [-0.05, 0) is 38.5 Å². The zero-order chi connectivity index (χ0) is 31.7. The molecule has 6 amide bonds. The first-order chi connectivity index (χ1) is 22.0. The van der Waals surface area contributed by atoms with E-state index in [4.69, 9.17) is 14.2 Å². The third-order valence-electron chi connectivity index (χ3n) is 8.48. The van der Waals surface area contributed by atoms with Crippen LogP contribution in [0.4, 0.5) is 9.59 Å². The van der Waals surface area contributed by atoms with E-state index in [1.54, 1.807) is 0 Å². The first-order valence-corrected chi connectivity index (χ1v) is 18.7. The minimum atomic E-state index is -0.0560. The number of ether oxygens (including phenoxy) is 3. The van der Waals surface area contributed by atoms with Gasteiger partial charge in [0.2, 0.25) is 11.8 Å². The molecule has 4 saturated heterocycles. The van der Waals surface area contributed by atoms with Gasteiger partial charge in [-0.25, -0.2) is 9.59 Å². The number of carbonyl (C=O) groups is 4. The summed E-state index contributed by atoms with van der Waals surface area (Å²) in [7, 11) is 0. The molecule has 15 heteroatoms. The molecule has 0 spiro atoms. The van der Waals surface area contributed by atoms with Gasteiger partial charge in [0.15, 0.2) is 0 Å². The quantitative estimate of drug-likeness (QED) is 0.0658. The molecule has 4 rings (SSSR count). The van der Waals surface area contributed by atoms with Gasteiger partial charge in [-0.1, -0.05) is 12.8 Å². The van der Waals surface area contributed by atoms with Gasteiger partial charge in [0, 0.05) is 61.2 Å². The van der Waals surface area contributed by atoms with Crippen molar-refractivity contribution in [3.63, 3.8) is 0 Å². The Balaban J connectivity index is 0.821. The molecule has 0 bridgehead atoms. The topological polar surface area (TPSA) is 168 Å². The fourth-order valence-electron chi connectivity index (χ4n) is 6.07. The van der Waals surface area contributed by atoms with Crippen LogP contribution >= 0.6 is 23.5 Å². The van der Waals surface area contributed by atoms with Crippen LogP contribution in [0.5, 0.6) is 0 Å². The van der Waals surface area contributed by atoms with E-state index in [1.807, 2.05) is 23.5 Å². The SMILES string of the molecule is O=C(CCCCC1SCC2NC(=O)NC21)NCCCOCCOCCOCCCNC(=O)CCCCC1SCC2NC(=O)NC21. The van der Waals surface area contributed by atoms with E-state index in [-0.39, 0.29) is 48.0 Å². The number of thioether (sulfide) groups is 2. The van der Waals surface area contributed by atoms with Crippen molar-refractivity contribution >= 4 is 47.4 Å². The Morgan fingerprint density at radius 2 is 1.02 bits per heavy atom. The van der Waals surface area contributed by atoms with Crippen LogP contribution in [-0.2, 0) is 23.8 Å². The zero-order valence-corrected chi connectivity index (χ0v) is 27.9. The number of carbonyl (C=O) groups excluding carboxylic acids is 4. The molecular formula is C30H52N6O7S2. The molecule has 6 N–H and O–H groups in total. The number of hydrogen-bond donors (Lipinski definition) is 6. The molecule has 6 atom stereocenters. The molecule has 13 nitrogen and oxygen atoms in total. The average molecular weight is 673 g/mol. The Kier molecular flexibility index (Phi) is 16.2. The fraction of sp³-hybridized carbons (Fsp3) is 0.867. The highest BCUT2D eigenvalue weighted by Gasteiger charge is 2.43. The summed E-state index contributed by atoms with van der Waals surface area (Å²) in [6.45, 7) is 4.37. The van der Waals surface area contributed by atoms with E-state index in [0.29, 0.717) is 76.1 Å². The molecule has 0 aromatic heterocycles. The lowest BCUT2D eigenvalue weighted by Gasteiger charge is -2.16. The lowest BCUT2D eigenvalue weighted by Crippen LogP contribution is -2.36. The molecule has 4 heterocycles. The molecule has 0 aromatic rings. The lowest BCUT2D eigenvalue weighted by molar-refractivity contribution is -0.122. The van der Waals surface area contributed by atoms with E-state index in [1.165, 1.54) is 0 Å². The highest BCUT2D eigenvalue weighted by molar-refractivity contribution is 8.00. The van der Waals surface area contributed by atoms with Crippen molar-refractivity contribution in [1.29, 1.82) is 0 Å². The monoisotopic (exact) mass is 672 g/mol. The molecule has 0 aromatic carbocycles. The first-order valence-electron chi connectivity index (χ1n) is 16.6. The first kappa shape index (κ1) is 35.9. The van der Waals surface area contributed by atoms with E-state index in [9.17, 15) is 19.2 Å². The van der Waals surface area contributed by atoms with E-state index in [0.717, 1.165) is 62.9 Å². The Bertz CT molecular complexity index is 878. The van der Waals surface area contributed by atoms with Crippen molar-refractivity contribution in [2.45, 2.75) is 98.9 Å². The van der Waals surface area contributed by atoms with Crippen molar-refractivity contribution in [3.05, 3.63) is 0 Å². The summed E-state index contributed by atoms with van der Waals surface area (Å²) >= 11 is 3.82. The number of urea groups is 2. The van der Waals surface area contributed by atoms with Crippen molar-refractivity contribution < 1.29 is 33.4 Å². The number of fused-ring (bicyclic) bond motifs is 2. The normalized spacial score (nSPS) is 26.5. The number of nitrogens with one attached hydrogen (secondary N) is 6. The summed E-state index contributed by atoms with van der Waals surface area (Å²) in [6.07, 6.45) is 8.33. The van der Waals surface area contributed by atoms with E-state index >= 15 is 0 Å². The second kappa shape index (κ2) is 20.3. The maximum absolute atomic E-state index is 12.0. The Morgan fingerprint density at radius 3 is 1.47 bits per heavy atom. The van der Waals surface area contributed by atoms with Crippen molar-refractivity contribution in [1.82, 2.24) is 31.9 Å². The third-order valence-corrected chi connectivity index (χ3v) is 11.5. The summed E-state index contributed by atoms with van der Waals surface area (Å²) in [6, 6.07) is 0.851. The number of amides is 6. The van der Waals surface area contributed by atoms with Crippen LogP contribution in [0, 0.1) is 0 Å². The Hall–Kier alpha value is -1.94. The van der Waals surface area contributed by atoms with Gasteiger partial charge in [-0.2, -0.15) is 23.5 Å². The lowest BCUT2D eigenvalue weighted by atomic mass is 10.0. The van der Waals surface area contributed by atoms with Gasteiger partial charge in [-0.15, -0.1) is 0 Å². The maximum Gasteiger partial charge on any atom is 0.315 e. The summed E-state index contributed by atoms with van der Waals surface area (Å²) in [4.78, 5) is 47.0. The fourth-order valence-corrected chi connectivity index (χ4v) is 9.16. The number of unbranched alkanes of at least 4 members (excludes halogenated alkanes) is 2. The van der Waals surface area contributed by atoms with Crippen LogP contribution < -0.4 is 31.9 Å². The minimum absolute atomic E-state index is 0.0560. The maximum atomic E-state index is 12.0.